The van der Waals surface area contributed by atoms with Gasteiger partial charge in [0.25, 0.3) is 0 Å². The summed E-state index contributed by atoms with van der Waals surface area (Å²) in [5.74, 6) is 1.56. The van der Waals surface area contributed by atoms with E-state index in [0.29, 0.717) is 29.0 Å². The Labute approximate surface area is 237 Å². The molecule has 5 nitrogen and oxygen atoms in total. The Hall–Kier alpha value is -3.77. The fourth-order valence-electron chi connectivity index (χ4n) is 5.77. The number of aryl methyl sites for hydroxylation is 3. The van der Waals surface area contributed by atoms with Crippen LogP contribution in [0.5, 0.6) is 17.2 Å². The van der Waals surface area contributed by atoms with E-state index in [1.165, 1.54) is 5.56 Å². The van der Waals surface area contributed by atoms with Gasteiger partial charge in [0.05, 0.1) is 0 Å². The largest absolute Gasteiger partial charge is 0.489 e. The van der Waals surface area contributed by atoms with Crippen LogP contribution in [-0.4, -0.2) is 21.6 Å². The van der Waals surface area contributed by atoms with Crippen LogP contribution in [0.4, 0.5) is 0 Å². The predicted octanol–water partition coefficient (Wildman–Crippen LogP) is 7.86. The molecule has 3 aromatic rings. The Morgan fingerprint density at radius 2 is 1.70 bits per heavy atom. The number of fused-ring (bicyclic) bond motifs is 3. The minimum absolute atomic E-state index is 0.104. The lowest BCUT2D eigenvalue weighted by Crippen LogP contribution is -2.19. The Morgan fingerprint density at radius 3 is 2.40 bits per heavy atom. The molecule has 5 rings (SSSR count). The zero-order valence-electron chi connectivity index (χ0n) is 24.1. The lowest BCUT2D eigenvalue weighted by atomic mass is 9.78. The normalized spacial score (nSPS) is 15.7. The number of hydrogen-bond acceptors (Lipinski definition) is 5. The molecule has 0 saturated carbocycles. The molecule has 0 saturated heterocycles. The summed E-state index contributed by atoms with van der Waals surface area (Å²) in [4.78, 5) is 0.179. The average Bonchev–Trinajstić information content (AvgIpc) is 2.86. The maximum atomic E-state index is 13.7. The molecule has 2 aliphatic rings. The van der Waals surface area contributed by atoms with Crippen LogP contribution >= 0.6 is 0 Å². The van der Waals surface area contributed by atoms with Gasteiger partial charge in [0.15, 0.2) is 5.75 Å². The van der Waals surface area contributed by atoms with Gasteiger partial charge in [-0.2, -0.15) is 8.42 Å². The molecule has 0 radical (unpaired) electrons. The van der Waals surface area contributed by atoms with E-state index in [-0.39, 0.29) is 22.7 Å². The van der Waals surface area contributed by atoms with Gasteiger partial charge in [0, 0.05) is 28.3 Å². The van der Waals surface area contributed by atoms with Crippen LogP contribution in [0.3, 0.4) is 0 Å². The van der Waals surface area contributed by atoms with E-state index < -0.39 is 10.1 Å². The molecule has 0 amide bonds. The van der Waals surface area contributed by atoms with Gasteiger partial charge in [-0.15, -0.1) is 0 Å². The molecule has 208 valence electrons. The van der Waals surface area contributed by atoms with Gasteiger partial charge in [0.2, 0.25) is 0 Å². The maximum Gasteiger partial charge on any atom is 0.339 e. The third-order valence-electron chi connectivity index (χ3n) is 7.55. The Morgan fingerprint density at radius 1 is 1.00 bits per heavy atom. The molecule has 0 unspecified atom stereocenters. The second-order valence-electron chi connectivity index (χ2n) is 11.4. The van der Waals surface area contributed by atoms with Crippen molar-refractivity contribution in [3.05, 3.63) is 100 Å². The number of hydrogen-bond donors (Lipinski definition) is 0. The first-order valence-electron chi connectivity index (χ1n) is 13.5. The van der Waals surface area contributed by atoms with Crippen molar-refractivity contribution < 1.29 is 22.1 Å². The van der Waals surface area contributed by atoms with Crippen LogP contribution in [0.2, 0.25) is 0 Å². The quantitative estimate of drug-likeness (QED) is 0.219. The van der Waals surface area contributed by atoms with Gasteiger partial charge in [-0.1, -0.05) is 68.5 Å². The standard InChI is InChI=1S/C34H36O5S/c1-8-15-37-26-10-12-29(31(18-26)39-40(35,36)33-22(3)16-21(2)17-23(33)4)30-20-38-32-27(24(30)5)11-9-25-19-34(6,7)14-13-28(25)32/h8-14,16-18H,1,15,19-20H2,2-7H3. The van der Waals surface area contributed by atoms with E-state index in [9.17, 15) is 8.42 Å². The monoisotopic (exact) mass is 556 g/mol. The number of benzene rings is 3. The number of rotatable bonds is 7. The maximum absolute atomic E-state index is 13.7. The molecule has 1 aliphatic carbocycles. The first-order valence-corrected chi connectivity index (χ1v) is 14.9. The van der Waals surface area contributed by atoms with Crippen LogP contribution in [-0.2, 0) is 16.5 Å². The van der Waals surface area contributed by atoms with Gasteiger partial charge in [-0.25, -0.2) is 0 Å². The molecule has 40 heavy (non-hydrogen) atoms. The molecular weight excluding hydrogens is 520 g/mol. The molecule has 0 aromatic heterocycles. The molecule has 0 N–H and O–H groups in total. The summed E-state index contributed by atoms with van der Waals surface area (Å²) in [7, 11) is -4.14. The summed E-state index contributed by atoms with van der Waals surface area (Å²) in [6.07, 6.45) is 6.99. The average molecular weight is 557 g/mol. The van der Waals surface area contributed by atoms with Gasteiger partial charge in [0.1, 0.15) is 29.6 Å². The molecule has 0 fully saturated rings. The third kappa shape index (κ3) is 5.20. The van der Waals surface area contributed by atoms with Crippen LogP contribution < -0.4 is 13.7 Å². The molecule has 1 heterocycles. The van der Waals surface area contributed by atoms with Crippen molar-refractivity contribution in [1.29, 1.82) is 0 Å². The Bertz CT molecular complexity index is 1670. The Kier molecular flexibility index (Phi) is 7.17. The van der Waals surface area contributed by atoms with Crippen LogP contribution in [0.25, 0.3) is 17.2 Å². The first-order chi connectivity index (χ1) is 18.9. The molecular formula is C34H36O5S. The predicted molar refractivity (Wildman–Crippen MR) is 162 cm³/mol. The molecule has 0 atom stereocenters. The van der Waals surface area contributed by atoms with Crippen LogP contribution in [0.15, 0.2) is 66.1 Å². The summed E-state index contributed by atoms with van der Waals surface area (Å²) in [6.45, 7) is 16.3. The van der Waals surface area contributed by atoms with Gasteiger partial charge >= 0.3 is 10.1 Å². The lowest BCUT2D eigenvalue weighted by Gasteiger charge is -2.31. The van der Waals surface area contributed by atoms with Gasteiger partial charge in [-0.3, -0.25) is 0 Å². The van der Waals surface area contributed by atoms with E-state index in [0.717, 1.165) is 40.0 Å². The molecule has 1 aliphatic heterocycles. The third-order valence-corrected chi connectivity index (χ3v) is 9.09. The summed E-state index contributed by atoms with van der Waals surface area (Å²) in [5, 5.41) is 0. The van der Waals surface area contributed by atoms with Gasteiger partial charge in [-0.05, 0) is 73.9 Å². The molecule has 3 aromatic carbocycles. The fraction of sp³-hybridized carbons (Fsp3) is 0.294. The number of ether oxygens (including phenoxy) is 2. The number of allylic oxidation sites excluding steroid dienone is 2. The van der Waals surface area contributed by atoms with Crippen molar-refractivity contribution in [2.24, 2.45) is 5.41 Å². The summed E-state index contributed by atoms with van der Waals surface area (Å²) in [5.41, 5.74) is 8.30. The molecule has 0 bridgehead atoms. The summed E-state index contributed by atoms with van der Waals surface area (Å²) >= 11 is 0. The van der Waals surface area contributed by atoms with E-state index in [4.69, 9.17) is 13.7 Å². The Balaban J connectivity index is 1.61. The SMILES string of the molecule is C=CCOc1ccc(C2=C(C)c3ccc4c(c3OC2)C=CC(C)(C)C4)c(OS(=O)(=O)c2c(C)cc(C)cc2C)c1. The minimum atomic E-state index is -4.14. The highest BCUT2D eigenvalue weighted by Gasteiger charge is 2.30. The van der Waals surface area contributed by atoms with Crippen molar-refractivity contribution in [2.75, 3.05) is 13.2 Å². The van der Waals surface area contributed by atoms with Gasteiger partial charge < -0.3 is 13.7 Å². The highest BCUT2D eigenvalue weighted by atomic mass is 32.2. The topological polar surface area (TPSA) is 61.8 Å². The zero-order valence-corrected chi connectivity index (χ0v) is 24.9. The summed E-state index contributed by atoms with van der Waals surface area (Å²) < 4.78 is 45.4. The van der Waals surface area contributed by atoms with Crippen LogP contribution in [0, 0.1) is 26.2 Å². The van der Waals surface area contributed by atoms with E-state index in [1.807, 2.05) is 38.1 Å². The first kappa shape index (κ1) is 27.8. The highest BCUT2D eigenvalue weighted by molar-refractivity contribution is 7.87. The fourth-order valence-corrected chi connectivity index (χ4v) is 7.13. The minimum Gasteiger partial charge on any atom is -0.489 e. The van der Waals surface area contributed by atoms with Crippen LogP contribution in [0.1, 0.15) is 59.7 Å². The summed E-state index contributed by atoms with van der Waals surface area (Å²) in [6, 6.07) is 13.3. The van der Waals surface area contributed by atoms with E-state index in [2.05, 4.69) is 44.7 Å². The van der Waals surface area contributed by atoms with Crippen molar-refractivity contribution in [2.45, 2.75) is 52.9 Å². The molecule has 6 heteroatoms. The van der Waals surface area contributed by atoms with Crippen molar-refractivity contribution in [3.63, 3.8) is 0 Å². The highest BCUT2D eigenvalue weighted by Crippen LogP contribution is 2.46. The van der Waals surface area contributed by atoms with Crippen molar-refractivity contribution in [3.8, 4) is 17.2 Å². The second kappa shape index (κ2) is 10.3. The lowest BCUT2D eigenvalue weighted by molar-refractivity contribution is 0.358. The van der Waals surface area contributed by atoms with Crippen molar-refractivity contribution >= 4 is 27.3 Å². The van der Waals surface area contributed by atoms with Crippen molar-refractivity contribution in [1.82, 2.24) is 0 Å². The van der Waals surface area contributed by atoms with E-state index >= 15 is 0 Å². The molecule has 0 spiro atoms. The van der Waals surface area contributed by atoms with E-state index in [1.54, 1.807) is 26.0 Å². The smallest absolute Gasteiger partial charge is 0.339 e. The zero-order chi connectivity index (χ0) is 28.8. The second-order valence-corrected chi connectivity index (χ2v) is 12.9.